The van der Waals surface area contributed by atoms with Crippen LogP contribution in [-0.4, -0.2) is 0 Å². The first-order valence-corrected chi connectivity index (χ1v) is 8.68. The van der Waals surface area contributed by atoms with Crippen LogP contribution in [0, 0.1) is 12.6 Å². The summed E-state index contributed by atoms with van der Waals surface area (Å²) in [6.45, 7) is 6.13. The molecule has 0 aliphatic carbocycles. The zero-order chi connectivity index (χ0) is 17.8. The number of rotatable bonds is 4. The highest BCUT2D eigenvalue weighted by molar-refractivity contribution is 5.94. The Kier molecular flexibility index (Phi) is 4.49. The van der Waals surface area contributed by atoms with Crippen LogP contribution in [0.15, 0.2) is 97.1 Å². The summed E-state index contributed by atoms with van der Waals surface area (Å²) in [6.07, 6.45) is 1.71. The van der Waals surface area contributed by atoms with Gasteiger partial charge in [0, 0.05) is 0 Å². The van der Waals surface area contributed by atoms with E-state index in [0.29, 0.717) is 0 Å². The van der Waals surface area contributed by atoms with E-state index in [0.717, 1.165) is 27.8 Å². The first-order chi connectivity index (χ1) is 12.9. The van der Waals surface area contributed by atoms with E-state index >= 15 is 0 Å². The molecule has 0 atom stereocenters. The Balaban J connectivity index is 2.05. The van der Waals surface area contributed by atoms with Gasteiger partial charge in [0.15, 0.2) is 0 Å². The van der Waals surface area contributed by atoms with E-state index in [4.69, 9.17) is 6.58 Å². The lowest BCUT2D eigenvalue weighted by Gasteiger charge is -2.18. The van der Waals surface area contributed by atoms with Crippen LogP contribution in [0.5, 0.6) is 0 Å². The van der Waals surface area contributed by atoms with Gasteiger partial charge in [-0.25, -0.2) is 0 Å². The summed E-state index contributed by atoms with van der Waals surface area (Å²) in [4.78, 5) is 0. The molecule has 0 aromatic heterocycles. The second-order valence-corrected chi connectivity index (χ2v) is 6.12. The van der Waals surface area contributed by atoms with Crippen LogP contribution >= 0.6 is 0 Å². The number of benzene rings is 4. The fraction of sp³-hybridized carbons (Fsp3) is 0. The molecular formula is C26H18. The minimum Gasteiger partial charge on any atom is -0.0622 e. The van der Waals surface area contributed by atoms with Crippen molar-refractivity contribution in [1.82, 2.24) is 0 Å². The Morgan fingerprint density at radius 1 is 0.615 bits per heavy atom. The van der Waals surface area contributed by atoms with E-state index in [1.165, 1.54) is 11.1 Å². The monoisotopic (exact) mass is 330 g/mol. The van der Waals surface area contributed by atoms with Gasteiger partial charge in [-0.05, 0) is 45.0 Å². The highest BCUT2D eigenvalue weighted by atomic mass is 14.2. The molecule has 0 heteroatoms. The molecule has 0 amide bonds. The smallest absolute Gasteiger partial charge is 0.00266 e. The summed E-state index contributed by atoms with van der Waals surface area (Å²) >= 11 is 0. The van der Waals surface area contributed by atoms with Crippen LogP contribution in [0.25, 0.3) is 39.5 Å². The van der Waals surface area contributed by atoms with E-state index in [-0.39, 0.29) is 0 Å². The maximum Gasteiger partial charge on any atom is -0.00266 e. The molecule has 4 aromatic rings. The van der Waals surface area contributed by atoms with Gasteiger partial charge in [-0.15, -0.1) is 0 Å². The van der Waals surface area contributed by atoms with E-state index < -0.39 is 0 Å². The molecule has 0 N–H and O–H groups in total. The largest absolute Gasteiger partial charge is 0.0622 e. The molecule has 26 heavy (non-hydrogen) atoms. The predicted octanol–water partition coefficient (Wildman–Crippen LogP) is 6.93. The van der Waals surface area contributed by atoms with Crippen molar-refractivity contribution in [3.63, 3.8) is 0 Å². The van der Waals surface area contributed by atoms with E-state index in [9.17, 15) is 0 Å². The third-order valence-electron chi connectivity index (χ3n) is 4.56. The molecule has 0 heterocycles. The molecule has 0 aliphatic heterocycles. The van der Waals surface area contributed by atoms with Gasteiger partial charge in [-0.1, -0.05) is 110 Å². The maximum atomic E-state index is 6.13. The SMILES string of the molecule is [CH]=Cc1c(-c2[c]cccc2)ccc(-c2ccccc2)c1-c1ccccc1. The Bertz CT molecular complexity index is 1010. The Hall–Kier alpha value is -3.38. The highest BCUT2D eigenvalue weighted by Crippen LogP contribution is 2.40. The Morgan fingerprint density at radius 2 is 1.23 bits per heavy atom. The maximum absolute atomic E-state index is 6.13. The summed E-state index contributed by atoms with van der Waals surface area (Å²) in [7, 11) is 0. The molecule has 0 aliphatic rings. The van der Waals surface area contributed by atoms with Crippen molar-refractivity contribution in [2.45, 2.75) is 0 Å². The minimum atomic E-state index is 1.03. The minimum absolute atomic E-state index is 1.03. The van der Waals surface area contributed by atoms with Crippen LogP contribution in [-0.2, 0) is 0 Å². The standard InChI is InChI=1S/C26H18/c1-2-23-24(20-12-6-3-7-13-20)18-19-25(21-14-8-4-9-15-21)26(23)22-16-10-5-11-17-22/h1-12,14-19H. The summed E-state index contributed by atoms with van der Waals surface area (Å²) in [5.74, 6) is 0. The quantitative estimate of drug-likeness (QED) is 0.380. The van der Waals surface area contributed by atoms with Crippen molar-refractivity contribution in [2.75, 3.05) is 0 Å². The first-order valence-electron chi connectivity index (χ1n) is 8.68. The van der Waals surface area contributed by atoms with Crippen molar-refractivity contribution < 1.29 is 0 Å². The fourth-order valence-electron chi connectivity index (χ4n) is 3.36. The van der Waals surface area contributed by atoms with Gasteiger partial charge in [-0.2, -0.15) is 0 Å². The molecule has 0 bridgehead atoms. The molecule has 4 aromatic carbocycles. The molecule has 0 saturated carbocycles. The molecule has 0 fully saturated rings. The number of hydrogen-bond acceptors (Lipinski definition) is 0. The molecule has 2 radical (unpaired) electrons. The number of hydrogen-bond donors (Lipinski definition) is 0. The van der Waals surface area contributed by atoms with Crippen LogP contribution in [0.2, 0.25) is 0 Å². The summed E-state index contributed by atoms with van der Waals surface area (Å²) < 4.78 is 0. The molecule has 0 saturated heterocycles. The second kappa shape index (κ2) is 7.25. The van der Waals surface area contributed by atoms with Gasteiger partial charge in [0.2, 0.25) is 0 Å². The lowest BCUT2D eigenvalue weighted by Crippen LogP contribution is -1.93. The van der Waals surface area contributed by atoms with Crippen molar-refractivity contribution in [2.24, 2.45) is 0 Å². The predicted molar refractivity (Wildman–Crippen MR) is 110 cm³/mol. The third-order valence-corrected chi connectivity index (χ3v) is 4.56. The summed E-state index contributed by atoms with van der Waals surface area (Å²) in [6, 6.07) is 36.5. The van der Waals surface area contributed by atoms with Crippen LogP contribution in [0.4, 0.5) is 0 Å². The van der Waals surface area contributed by atoms with Gasteiger partial charge in [0.05, 0.1) is 0 Å². The van der Waals surface area contributed by atoms with Gasteiger partial charge >= 0.3 is 0 Å². The highest BCUT2D eigenvalue weighted by Gasteiger charge is 2.15. The summed E-state index contributed by atoms with van der Waals surface area (Å²) in [5.41, 5.74) is 7.81. The fourth-order valence-corrected chi connectivity index (χ4v) is 3.36. The van der Waals surface area contributed by atoms with Crippen LogP contribution in [0.1, 0.15) is 5.56 Å². The van der Waals surface area contributed by atoms with Crippen LogP contribution < -0.4 is 0 Å². The van der Waals surface area contributed by atoms with Gasteiger partial charge < -0.3 is 0 Å². The van der Waals surface area contributed by atoms with E-state index in [1.54, 1.807) is 6.08 Å². The Labute approximate surface area is 155 Å². The molecule has 122 valence electrons. The lowest BCUT2D eigenvalue weighted by atomic mass is 9.86. The van der Waals surface area contributed by atoms with Crippen LogP contribution in [0.3, 0.4) is 0 Å². The molecule has 0 nitrogen and oxygen atoms in total. The second-order valence-electron chi connectivity index (χ2n) is 6.12. The third kappa shape index (κ3) is 2.98. The molecule has 4 rings (SSSR count). The van der Waals surface area contributed by atoms with Crippen molar-refractivity contribution in [1.29, 1.82) is 0 Å². The zero-order valence-electron chi connectivity index (χ0n) is 14.4. The first kappa shape index (κ1) is 16.1. The van der Waals surface area contributed by atoms with Crippen molar-refractivity contribution in [3.8, 4) is 33.4 Å². The lowest BCUT2D eigenvalue weighted by molar-refractivity contribution is 1.54. The molecule has 0 spiro atoms. The zero-order valence-corrected chi connectivity index (χ0v) is 14.4. The van der Waals surface area contributed by atoms with Crippen molar-refractivity contribution >= 4 is 6.08 Å². The topological polar surface area (TPSA) is 0 Å². The Morgan fingerprint density at radius 3 is 1.85 bits per heavy atom. The molecular weight excluding hydrogens is 312 g/mol. The van der Waals surface area contributed by atoms with Gasteiger partial charge in [-0.3, -0.25) is 0 Å². The summed E-state index contributed by atoms with van der Waals surface area (Å²) in [5, 5.41) is 0. The van der Waals surface area contributed by atoms with Gasteiger partial charge in [0.1, 0.15) is 0 Å². The average Bonchev–Trinajstić information content (AvgIpc) is 2.74. The normalized spacial score (nSPS) is 10.5. The van der Waals surface area contributed by atoms with Crippen molar-refractivity contribution in [3.05, 3.63) is 115 Å². The van der Waals surface area contributed by atoms with E-state index in [1.807, 2.05) is 30.3 Å². The average molecular weight is 330 g/mol. The van der Waals surface area contributed by atoms with Gasteiger partial charge in [0.25, 0.3) is 0 Å². The molecule has 0 unspecified atom stereocenters. The van der Waals surface area contributed by atoms with E-state index in [2.05, 4.69) is 72.8 Å².